The van der Waals surface area contributed by atoms with Gasteiger partial charge < -0.3 is 19.2 Å². The Bertz CT molecular complexity index is 651. The van der Waals surface area contributed by atoms with Crippen molar-refractivity contribution in [1.29, 1.82) is 0 Å². The van der Waals surface area contributed by atoms with Gasteiger partial charge in [0.1, 0.15) is 17.1 Å². The second-order valence-electron chi connectivity index (χ2n) is 4.38. The summed E-state index contributed by atoms with van der Waals surface area (Å²) in [5.74, 6) is 0.331. The predicted octanol–water partition coefficient (Wildman–Crippen LogP) is 3.13. The molecule has 5 nitrogen and oxygen atoms in total. The molecule has 112 valence electrons. The van der Waals surface area contributed by atoms with E-state index in [0.717, 1.165) is 0 Å². The van der Waals surface area contributed by atoms with Crippen LogP contribution in [0.1, 0.15) is 21.9 Å². The Hall–Kier alpha value is -2.50. The van der Waals surface area contributed by atoms with Gasteiger partial charge in [0, 0.05) is 11.8 Å². The number of furan rings is 1. The molecule has 0 saturated heterocycles. The minimum Gasteiger partial charge on any atom is -0.494 e. The highest BCUT2D eigenvalue weighted by Crippen LogP contribution is 2.22. The summed E-state index contributed by atoms with van der Waals surface area (Å²) in [6.07, 6.45) is 0. The van der Waals surface area contributed by atoms with Gasteiger partial charge in [-0.1, -0.05) is 0 Å². The molecule has 1 aromatic heterocycles. The monoisotopic (exact) mass is 293 g/mol. The van der Waals surface area contributed by atoms with Crippen LogP contribution >= 0.6 is 0 Å². The molecule has 0 aliphatic carbocycles. The van der Waals surface area contributed by atoms with Gasteiger partial charge in [-0.05, 0) is 25.1 Å². The zero-order valence-electron chi connectivity index (χ0n) is 12.0. The number of halogens is 1. The van der Waals surface area contributed by atoms with Crippen LogP contribution in [0.3, 0.4) is 0 Å². The van der Waals surface area contributed by atoms with Crippen molar-refractivity contribution in [2.45, 2.75) is 13.5 Å². The van der Waals surface area contributed by atoms with Crippen molar-refractivity contribution in [2.24, 2.45) is 0 Å². The zero-order chi connectivity index (χ0) is 15.4. The van der Waals surface area contributed by atoms with Gasteiger partial charge >= 0.3 is 5.97 Å². The summed E-state index contributed by atoms with van der Waals surface area (Å²) in [5, 5.41) is 3.01. The molecule has 0 radical (unpaired) electrons. The molecule has 0 fully saturated rings. The van der Waals surface area contributed by atoms with Crippen molar-refractivity contribution in [3.8, 4) is 5.75 Å². The summed E-state index contributed by atoms with van der Waals surface area (Å²) in [7, 11) is 2.72. The number of benzene rings is 1. The second kappa shape index (κ2) is 6.30. The third-order valence-electron chi connectivity index (χ3n) is 2.99. The molecule has 0 aliphatic heterocycles. The average molecular weight is 293 g/mol. The Morgan fingerprint density at radius 3 is 2.71 bits per heavy atom. The smallest absolute Gasteiger partial charge is 0.341 e. The molecule has 0 unspecified atom stereocenters. The lowest BCUT2D eigenvalue weighted by Crippen LogP contribution is -2.01. The van der Waals surface area contributed by atoms with Crippen LogP contribution in [0.5, 0.6) is 5.75 Å². The molecule has 0 saturated carbocycles. The predicted molar refractivity (Wildman–Crippen MR) is 75.1 cm³/mol. The van der Waals surface area contributed by atoms with Crippen LogP contribution in [-0.2, 0) is 11.3 Å². The maximum atomic E-state index is 13.5. The Morgan fingerprint density at radius 2 is 2.10 bits per heavy atom. The van der Waals surface area contributed by atoms with E-state index < -0.39 is 11.8 Å². The molecule has 1 heterocycles. The fraction of sp³-hybridized carbons (Fsp3) is 0.267. The maximum absolute atomic E-state index is 13.5. The van der Waals surface area contributed by atoms with E-state index in [2.05, 4.69) is 10.1 Å². The maximum Gasteiger partial charge on any atom is 0.341 e. The van der Waals surface area contributed by atoms with Crippen molar-refractivity contribution in [3.05, 3.63) is 47.2 Å². The molecule has 1 N–H and O–H groups in total. The average Bonchev–Trinajstić information content (AvgIpc) is 2.85. The number of rotatable bonds is 5. The highest BCUT2D eigenvalue weighted by atomic mass is 19.1. The van der Waals surface area contributed by atoms with Crippen LogP contribution in [0.15, 0.2) is 28.7 Å². The summed E-state index contributed by atoms with van der Waals surface area (Å²) in [5.41, 5.74) is 0.970. The van der Waals surface area contributed by atoms with Crippen molar-refractivity contribution < 1.29 is 23.1 Å². The number of esters is 1. The third-order valence-corrected chi connectivity index (χ3v) is 2.99. The van der Waals surface area contributed by atoms with E-state index in [9.17, 15) is 9.18 Å². The number of aryl methyl sites for hydroxylation is 1. The standard InChI is InChI=1S/C15H16FNO4/c1-9-12(15(18)20-3)7-11(21-9)8-17-10-4-5-14(19-2)13(16)6-10/h4-7,17H,8H2,1-3H3. The van der Waals surface area contributed by atoms with Crippen LogP contribution in [0.2, 0.25) is 0 Å². The minimum atomic E-state index is -0.451. The molecule has 0 aliphatic rings. The van der Waals surface area contributed by atoms with Crippen molar-refractivity contribution in [2.75, 3.05) is 19.5 Å². The van der Waals surface area contributed by atoms with Gasteiger partial charge in [0.25, 0.3) is 0 Å². The number of nitrogens with one attached hydrogen (secondary N) is 1. The Labute approximate surface area is 121 Å². The lowest BCUT2D eigenvalue weighted by Gasteiger charge is -2.06. The Balaban J connectivity index is 2.06. The number of hydrogen-bond donors (Lipinski definition) is 1. The molecular formula is C15H16FNO4. The van der Waals surface area contributed by atoms with Crippen LogP contribution in [-0.4, -0.2) is 20.2 Å². The van der Waals surface area contributed by atoms with Gasteiger partial charge in [-0.2, -0.15) is 0 Å². The van der Waals surface area contributed by atoms with Crippen molar-refractivity contribution in [1.82, 2.24) is 0 Å². The van der Waals surface area contributed by atoms with E-state index >= 15 is 0 Å². The van der Waals surface area contributed by atoms with Crippen LogP contribution in [0, 0.1) is 12.7 Å². The lowest BCUT2D eigenvalue weighted by molar-refractivity contribution is 0.0599. The van der Waals surface area contributed by atoms with Crippen LogP contribution in [0.25, 0.3) is 0 Å². The first kappa shape index (κ1) is 14.9. The van der Waals surface area contributed by atoms with Gasteiger partial charge in [0.2, 0.25) is 0 Å². The van der Waals surface area contributed by atoms with E-state index in [1.54, 1.807) is 19.1 Å². The molecule has 0 bridgehead atoms. The first-order valence-electron chi connectivity index (χ1n) is 6.30. The van der Waals surface area contributed by atoms with Gasteiger partial charge in [-0.25, -0.2) is 9.18 Å². The highest BCUT2D eigenvalue weighted by Gasteiger charge is 2.15. The number of anilines is 1. The quantitative estimate of drug-likeness (QED) is 0.858. The summed E-state index contributed by atoms with van der Waals surface area (Å²) >= 11 is 0. The van der Waals surface area contributed by atoms with Crippen LogP contribution in [0.4, 0.5) is 10.1 Å². The summed E-state index contributed by atoms with van der Waals surface area (Å²) in [4.78, 5) is 11.5. The summed E-state index contributed by atoms with van der Waals surface area (Å²) in [6.45, 7) is 2.01. The number of carbonyl (C=O) groups is 1. The molecule has 2 aromatic rings. The molecule has 0 atom stereocenters. The molecule has 1 aromatic carbocycles. The van der Waals surface area contributed by atoms with E-state index in [1.807, 2.05) is 0 Å². The van der Waals surface area contributed by atoms with Crippen molar-refractivity contribution >= 4 is 11.7 Å². The number of hydrogen-bond acceptors (Lipinski definition) is 5. The van der Waals surface area contributed by atoms with Gasteiger partial charge in [0.05, 0.1) is 20.8 Å². The minimum absolute atomic E-state index is 0.183. The van der Waals surface area contributed by atoms with Crippen molar-refractivity contribution in [3.63, 3.8) is 0 Å². The fourth-order valence-electron chi connectivity index (χ4n) is 1.91. The zero-order valence-corrected chi connectivity index (χ0v) is 12.0. The van der Waals surface area contributed by atoms with E-state index in [-0.39, 0.29) is 5.75 Å². The van der Waals surface area contributed by atoms with Crippen LogP contribution < -0.4 is 10.1 Å². The number of carbonyl (C=O) groups excluding carboxylic acids is 1. The van der Waals surface area contributed by atoms with Gasteiger partial charge in [0.15, 0.2) is 11.6 Å². The molecule has 0 spiro atoms. The molecule has 0 amide bonds. The lowest BCUT2D eigenvalue weighted by atomic mass is 10.2. The largest absolute Gasteiger partial charge is 0.494 e. The Morgan fingerprint density at radius 1 is 1.33 bits per heavy atom. The first-order chi connectivity index (χ1) is 10.0. The van der Waals surface area contributed by atoms with E-state index in [1.165, 1.54) is 26.4 Å². The van der Waals surface area contributed by atoms with E-state index in [0.29, 0.717) is 29.3 Å². The highest BCUT2D eigenvalue weighted by molar-refractivity contribution is 5.90. The summed E-state index contributed by atoms with van der Waals surface area (Å²) < 4.78 is 28.5. The first-order valence-corrected chi connectivity index (χ1v) is 6.30. The molecule has 21 heavy (non-hydrogen) atoms. The summed E-state index contributed by atoms with van der Waals surface area (Å²) in [6, 6.07) is 6.16. The molecule has 2 rings (SSSR count). The van der Waals surface area contributed by atoms with Gasteiger partial charge in [-0.15, -0.1) is 0 Å². The normalized spacial score (nSPS) is 10.3. The Kier molecular flexibility index (Phi) is 4.47. The SMILES string of the molecule is COC(=O)c1cc(CNc2ccc(OC)c(F)c2)oc1C. The molecule has 6 heteroatoms. The fourth-order valence-corrected chi connectivity index (χ4v) is 1.91. The van der Waals surface area contributed by atoms with E-state index in [4.69, 9.17) is 9.15 Å². The number of ether oxygens (including phenoxy) is 2. The second-order valence-corrected chi connectivity index (χ2v) is 4.38. The third kappa shape index (κ3) is 3.34. The molecular weight excluding hydrogens is 277 g/mol. The van der Waals surface area contributed by atoms with Gasteiger partial charge in [-0.3, -0.25) is 0 Å². The number of methoxy groups -OCH3 is 2. The topological polar surface area (TPSA) is 60.7 Å².